The van der Waals surface area contributed by atoms with E-state index in [0.717, 1.165) is 27.8 Å². The highest BCUT2D eigenvalue weighted by Crippen LogP contribution is 2.59. The number of benzene rings is 2. The molecule has 4 heteroatoms. The van der Waals surface area contributed by atoms with Crippen LogP contribution in [0.3, 0.4) is 0 Å². The summed E-state index contributed by atoms with van der Waals surface area (Å²) in [5.74, 6) is 0.278. The summed E-state index contributed by atoms with van der Waals surface area (Å²) in [4.78, 5) is 31.2. The maximum absolute atomic E-state index is 13.8. The van der Waals surface area contributed by atoms with Gasteiger partial charge in [-0.1, -0.05) is 65.7 Å². The smallest absolute Gasteiger partial charge is 0.237 e. The number of anilines is 1. The van der Waals surface area contributed by atoms with Crippen LogP contribution in [0.4, 0.5) is 5.82 Å². The lowest BCUT2D eigenvalue weighted by molar-refractivity contribution is -0.128. The summed E-state index contributed by atoms with van der Waals surface area (Å²) in [5, 5.41) is 3.03. The minimum atomic E-state index is -0.859. The van der Waals surface area contributed by atoms with E-state index in [1.807, 2.05) is 26.0 Å². The number of amides is 1. The largest absolute Gasteiger partial charge is 0.310 e. The van der Waals surface area contributed by atoms with Gasteiger partial charge in [0.2, 0.25) is 5.91 Å². The molecular formula is C26H24N2O2. The number of nitrogens with one attached hydrogen (secondary N) is 1. The number of nitrogens with zero attached hydrogens (tertiary/aromatic N) is 1. The Morgan fingerprint density at radius 2 is 1.37 bits per heavy atom. The van der Waals surface area contributed by atoms with Gasteiger partial charge in [0.25, 0.3) is 0 Å². The Bertz CT molecular complexity index is 1070. The Balaban J connectivity index is 1.78. The van der Waals surface area contributed by atoms with E-state index in [1.165, 1.54) is 0 Å². The molecule has 5 rings (SSSR count). The van der Waals surface area contributed by atoms with Crippen molar-refractivity contribution in [3.63, 3.8) is 0 Å². The summed E-state index contributed by atoms with van der Waals surface area (Å²) in [7, 11) is 0. The quantitative estimate of drug-likeness (QED) is 0.676. The minimum Gasteiger partial charge on any atom is -0.310 e. The molecule has 150 valence electrons. The zero-order chi connectivity index (χ0) is 20.9. The minimum absolute atomic E-state index is 0.0557. The van der Waals surface area contributed by atoms with Gasteiger partial charge in [-0.15, -0.1) is 0 Å². The molecule has 1 saturated carbocycles. The van der Waals surface area contributed by atoms with Gasteiger partial charge in [0.05, 0.1) is 5.41 Å². The van der Waals surface area contributed by atoms with E-state index in [4.69, 9.17) is 0 Å². The summed E-state index contributed by atoms with van der Waals surface area (Å²) >= 11 is 0. The number of Topliss-reactive ketones (excluding diaryl/α,β-unsaturated/α-hetero) is 1. The highest BCUT2D eigenvalue weighted by molar-refractivity contribution is 6.08. The molecule has 1 aliphatic heterocycles. The fourth-order valence-electron chi connectivity index (χ4n) is 5.33. The lowest BCUT2D eigenvalue weighted by atomic mass is 9.54. The number of aromatic nitrogens is 1. The van der Waals surface area contributed by atoms with Crippen LogP contribution in [0.5, 0.6) is 0 Å². The Kier molecular flexibility index (Phi) is 4.31. The topological polar surface area (TPSA) is 59.1 Å². The van der Waals surface area contributed by atoms with Crippen LogP contribution in [0, 0.1) is 13.8 Å². The third-order valence-electron chi connectivity index (χ3n) is 6.78. The zero-order valence-electron chi connectivity index (χ0n) is 17.2. The molecule has 2 heterocycles. The van der Waals surface area contributed by atoms with Gasteiger partial charge in [-0.3, -0.25) is 9.59 Å². The van der Waals surface area contributed by atoms with Gasteiger partial charge in [-0.2, -0.15) is 0 Å². The van der Waals surface area contributed by atoms with Crippen molar-refractivity contribution < 1.29 is 9.59 Å². The van der Waals surface area contributed by atoms with Crippen LogP contribution in [-0.4, -0.2) is 16.7 Å². The molecule has 1 N–H and O–H groups in total. The second-order valence-corrected chi connectivity index (χ2v) is 8.60. The summed E-state index contributed by atoms with van der Waals surface area (Å²) in [6.07, 6.45) is 2.41. The molecule has 0 radical (unpaired) electrons. The second kappa shape index (κ2) is 6.91. The first kappa shape index (κ1) is 18.7. The maximum atomic E-state index is 13.8. The van der Waals surface area contributed by atoms with E-state index < -0.39 is 5.41 Å². The average molecular weight is 396 g/mol. The predicted molar refractivity (Wildman–Crippen MR) is 117 cm³/mol. The number of carbonyl (C=O) groups excluding carboxylic acids is 2. The van der Waals surface area contributed by atoms with Crippen LogP contribution in [0.2, 0.25) is 0 Å². The van der Waals surface area contributed by atoms with Gasteiger partial charge < -0.3 is 5.32 Å². The van der Waals surface area contributed by atoms with Gasteiger partial charge in [0.15, 0.2) is 0 Å². The Morgan fingerprint density at radius 1 is 0.833 bits per heavy atom. The van der Waals surface area contributed by atoms with Crippen molar-refractivity contribution in [2.24, 2.45) is 0 Å². The van der Waals surface area contributed by atoms with Crippen molar-refractivity contribution in [1.29, 1.82) is 0 Å². The number of hydrogen-bond donors (Lipinski definition) is 1. The molecule has 2 unspecified atom stereocenters. The van der Waals surface area contributed by atoms with E-state index in [-0.39, 0.29) is 23.5 Å². The van der Waals surface area contributed by atoms with E-state index >= 15 is 0 Å². The Hall–Kier alpha value is -3.27. The maximum Gasteiger partial charge on any atom is 0.237 e. The van der Waals surface area contributed by atoms with Gasteiger partial charge in [-0.05, 0) is 31.0 Å². The first-order chi connectivity index (χ1) is 14.5. The number of fused-ring (bicyclic) bond motifs is 2. The summed E-state index contributed by atoms with van der Waals surface area (Å²) < 4.78 is 0. The number of hydrogen-bond acceptors (Lipinski definition) is 3. The summed E-state index contributed by atoms with van der Waals surface area (Å²) in [5.41, 5.74) is 4.40. The molecule has 1 aliphatic carbocycles. The van der Waals surface area contributed by atoms with Crippen LogP contribution < -0.4 is 5.32 Å². The third-order valence-corrected chi connectivity index (χ3v) is 6.78. The molecule has 4 nitrogen and oxygen atoms in total. The number of rotatable bonds is 2. The molecule has 1 amide bonds. The Morgan fingerprint density at radius 3 is 1.90 bits per heavy atom. The fraction of sp³-hybridized carbons (Fsp3) is 0.269. The predicted octanol–water partition coefficient (Wildman–Crippen LogP) is 4.82. The number of aryl methyl sites for hydroxylation is 2. The molecule has 2 aliphatic rings. The van der Waals surface area contributed by atoms with E-state index in [9.17, 15) is 9.59 Å². The van der Waals surface area contributed by atoms with E-state index in [0.29, 0.717) is 18.7 Å². The number of carbonyl (C=O) groups is 2. The van der Waals surface area contributed by atoms with Crippen molar-refractivity contribution in [1.82, 2.24) is 4.98 Å². The van der Waals surface area contributed by atoms with Crippen molar-refractivity contribution in [2.45, 2.75) is 43.9 Å². The second-order valence-electron chi connectivity index (χ2n) is 8.60. The van der Waals surface area contributed by atoms with Gasteiger partial charge in [0.1, 0.15) is 11.6 Å². The summed E-state index contributed by atoms with van der Waals surface area (Å²) in [6.45, 7) is 4.09. The molecule has 0 bridgehead atoms. The van der Waals surface area contributed by atoms with E-state index in [1.54, 1.807) is 6.20 Å². The molecule has 30 heavy (non-hydrogen) atoms. The lowest BCUT2D eigenvalue weighted by Crippen LogP contribution is -2.50. The highest BCUT2D eigenvalue weighted by atomic mass is 16.2. The van der Waals surface area contributed by atoms with Crippen LogP contribution in [0.1, 0.15) is 52.5 Å². The molecule has 2 atom stereocenters. The van der Waals surface area contributed by atoms with Crippen LogP contribution in [0.15, 0.2) is 66.9 Å². The Labute approximate surface area is 176 Å². The van der Waals surface area contributed by atoms with Crippen LogP contribution >= 0.6 is 0 Å². The van der Waals surface area contributed by atoms with E-state index in [2.05, 4.69) is 58.8 Å². The van der Waals surface area contributed by atoms with Crippen LogP contribution in [-0.2, 0) is 15.0 Å². The summed E-state index contributed by atoms with van der Waals surface area (Å²) in [6, 6.07) is 20.4. The fourth-order valence-corrected chi connectivity index (χ4v) is 5.33. The molecule has 3 aromatic rings. The molecule has 1 aromatic heterocycles. The van der Waals surface area contributed by atoms with Crippen LogP contribution in [0.25, 0.3) is 0 Å². The number of pyridine rings is 1. The highest BCUT2D eigenvalue weighted by Gasteiger charge is 2.61. The van der Waals surface area contributed by atoms with Crippen molar-refractivity contribution in [3.8, 4) is 0 Å². The van der Waals surface area contributed by atoms with Gasteiger partial charge in [-0.25, -0.2) is 4.98 Å². The first-order valence-electron chi connectivity index (χ1n) is 10.4. The standard InChI is InChI=1S/C26H24N2O2/c1-16-5-9-18(10-6-16)22-14-20(29)15-23(19-11-7-17(2)8-12-19)26(22)21-4-3-13-27-24(21)28-25(26)30/h3-13,22-23H,14-15H2,1-2H3,(H,27,28,30). The lowest BCUT2D eigenvalue weighted by Gasteiger charge is -2.45. The van der Waals surface area contributed by atoms with Gasteiger partial charge >= 0.3 is 0 Å². The zero-order valence-corrected chi connectivity index (χ0v) is 17.2. The third kappa shape index (κ3) is 2.71. The average Bonchev–Trinajstić information content (AvgIpc) is 3.03. The molecular weight excluding hydrogens is 372 g/mol. The molecule has 2 aromatic carbocycles. The molecule has 1 fully saturated rings. The van der Waals surface area contributed by atoms with Crippen molar-refractivity contribution >= 4 is 17.5 Å². The normalized spacial score (nSPS) is 25.3. The van der Waals surface area contributed by atoms with Crippen molar-refractivity contribution in [3.05, 3.63) is 94.7 Å². The monoisotopic (exact) mass is 396 g/mol. The van der Waals surface area contributed by atoms with Crippen molar-refractivity contribution in [2.75, 3.05) is 5.32 Å². The van der Waals surface area contributed by atoms with Gasteiger partial charge in [0, 0.05) is 36.4 Å². The SMILES string of the molecule is Cc1ccc(C2CC(=O)CC(c3ccc(C)cc3)C23C(=O)Nc2ncccc23)cc1. The number of ketones is 1. The molecule has 0 saturated heterocycles. The first-order valence-corrected chi connectivity index (χ1v) is 10.4. The molecule has 1 spiro atoms.